The highest BCUT2D eigenvalue weighted by molar-refractivity contribution is 6.37. The van der Waals surface area contributed by atoms with Crippen LogP contribution in [0, 0.1) is 6.92 Å². The largest absolute Gasteiger partial charge is 0.306 e. The normalized spacial score (nSPS) is 10.8. The van der Waals surface area contributed by atoms with Gasteiger partial charge in [-0.1, -0.05) is 23.2 Å². The fraction of sp³-hybridized carbons (Fsp3) is 0.111. The first-order valence-electron chi connectivity index (χ1n) is 3.93. The Morgan fingerprint density at radius 1 is 1.36 bits per heavy atom. The maximum absolute atomic E-state index is 11.3. The van der Waals surface area contributed by atoms with Crippen LogP contribution in [0.2, 0.25) is 10.2 Å². The molecule has 3 nitrogen and oxygen atoms in total. The first kappa shape index (κ1) is 9.49. The molecular weight excluding hydrogens is 223 g/mol. The molecule has 2 aromatic heterocycles. The minimum Gasteiger partial charge on any atom is -0.306 e. The van der Waals surface area contributed by atoms with Crippen molar-refractivity contribution < 1.29 is 0 Å². The zero-order chi connectivity index (χ0) is 10.3. The number of halogens is 2. The molecule has 0 atom stereocenters. The summed E-state index contributed by atoms with van der Waals surface area (Å²) >= 11 is 11.6. The summed E-state index contributed by atoms with van der Waals surface area (Å²) in [5, 5.41) is 1.45. The van der Waals surface area contributed by atoms with Gasteiger partial charge in [0.05, 0.1) is 5.02 Å². The molecule has 0 fully saturated rings. The van der Waals surface area contributed by atoms with Crippen molar-refractivity contribution in [1.29, 1.82) is 0 Å². The molecule has 72 valence electrons. The highest BCUT2D eigenvalue weighted by Crippen LogP contribution is 2.23. The summed E-state index contributed by atoms with van der Waals surface area (Å²) in [6.07, 6.45) is 0. The molecule has 2 heterocycles. The SMILES string of the molecule is Cc1cc2c(Cl)cc(Cl)nc2[nH]c1=O. The topological polar surface area (TPSA) is 45.8 Å². The van der Waals surface area contributed by atoms with Gasteiger partial charge < -0.3 is 4.98 Å². The third-order valence-electron chi connectivity index (χ3n) is 1.93. The van der Waals surface area contributed by atoms with Gasteiger partial charge in [-0.2, -0.15) is 0 Å². The Balaban J connectivity index is 2.96. The second-order valence-corrected chi connectivity index (χ2v) is 3.77. The van der Waals surface area contributed by atoms with Gasteiger partial charge in [-0.3, -0.25) is 4.79 Å². The second-order valence-electron chi connectivity index (χ2n) is 2.97. The van der Waals surface area contributed by atoms with Gasteiger partial charge in [0.1, 0.15) is 10.8 Å². The molecule has 2 aromatic rings. The van der Waals surface area contributed by atoms with Gasteiger partial charge in [-0.25, -0.2) is 4.98 Å². The van der Waals surface area contributed by atoms with E-state index < -0.39 is 0 Å². The van der Waals surface area contributed by atoms with E-state index in [0.717, 1.165) is 0 Å². The lowest BCUT2D eigenvalue weighted by molar-refractivity contribution is 1.19. The van der Waals surface area contributed by atoms with Crippen molar-refractivity contribution in [1.82, 2.24) is 9.97 Å². The number of aromatic nitrogens is 2. The van der Waals surface area contributed by atoms with Crippen LogP contribution in [-0.2, 0) is 0 Å². The van der Waals surface area contributed by atoms with Crippen LogP contribution in [0.3, 0.4) is 0 Å². The van der Waals surface area contributed by atoms with Crippen LogP contribution in [-0.4, -0.2) is 9.97 Å². The van der Waals surface area contributed by atoms with Crippen molar-refractivity contribution >= 4 is 34.2 Å². The molecule has 0 spiro atoms. The fourth-order valence-electron chi connectivity index (χ4n) is 1.22. The Labute approximate surface area is 89.7 Å². The van der Waals surface area contributed by atoms with Crippen molar-refractivity contribution in [3.05, 3.63) is 38.2 Å². The van der Waals surface area contributed by atoms with Crippen molar-refractivity contribution in [3.8, 4) is 0 Å². The van der Waals surface area contributed by atoms with Crippen LogP contribution in [0.15, 0.2) is 16.9 Å². The van der Waals surface area contributed by atoms with Gasteiger partial charge >= 0.3 is 0 Å². The van der Waals surface area contributed by atoms with Gasteiger partial charge in [0.25, 0.3) is 5.56 Å². The van der Waals surface area contributed by atoms with E-state index in [1.165, 1.54) is 0 Å². The molecule has 0 saturated heterocycles. The lowest BCUT2D eigenvalue weighted by atomic mass is 10.2. The maximum Gasteiger partial charge on any atom is 0.252 e. The molecular formula is C9H6Cl2N2O. The quantitative estimate of drug-likeness (QED) is 0.705. The Morgan fingerprint density at radius 2 is 2.07 bits per heavy atom. The van der Waals surface area contributed by atoms with E-state index >= 15 is 0 Å². The summed E-state index contributed by atoms with van der Waals surface area (Å²) < 4.78 is 0. The summed E-state index contributed by atoms with van der Waals surface area (Å²) in [6, 6.07) is 3.24. The Morgan fingerprint density at radius 3 is 2.79 bits per heavy atom. The molecule has 1 N–H and O–H groups in total. The van der Waals surface area contributed by atoms with Crippen LogP contribution in [0.25, 0.3) is 11.0 Å². The lowest BCUT2D eigenvalue weighted by Crippen LogP contribution is -2.09. The molecule has 0 aliphatic carbocycles. The molecule has 0 aromatic carbocycles. The molecule has 2 rings (SSSR count). The predicted molar refractivity (Wildman–Crippen MR) is 57.1 cm³/mol. The van der Waals surface area contributed by atoms with E-state index in [-0.39, 0.29) is 10.7 Å². The Hall–Kier alpha value is -1.06. The van der Waals surface area contributed by atoms with Crippen LogP contribution < -0.4 is 5.56 Å². The van der Waals surface area contributed by atoms with Crippen molar-refractivity contribution in [2.24, 2.45) is 0 Å². The van der Waals surface area contributed by atoms with Gasteiger partial charge in [-0.05, 0) is 19.1 Å². The molecule has 0 radical (unpaired) electrons. The number of H-pyrrole nitrogens is 1. The second kappa shape index (κ2) is 3.26. The Kier molecular flexibility index (Phi) is 2.21. The number of rotatable bonds is 0. The highest BCUT2D eigenvalue weighted by atomic mass is 35.5. The summed E-state index contributed by atoms with van der Waals surface area (Å²) in [7, 11) is 0. The standard InChI is InChI=1S/C9H6Cl2N2O/c1-4-2-5-6(10)3-7(11)12-8(5)13-9(4)14/h2-3H,1H3,(H,12,13,14). The minimum absolute atomic E-state index is 0.177. The first-order valence-corrected chi connectivity index (χ1v) is 4.69. The smallest absolute Gasteiger partial charge is 0.252 e. The third-order valence-corrected chi connectivity index (χ3v) is 2.43. The zero-order valence-electron chi connectivity index (χ0n) is 7.27. The molecule has 0 unspecified atom stereocenters. The molecule has 0 aliphatic rings. The maximum atomic E-state index is 11.3. The van der Waals surface area contributed by atoms with E-state index in [1.54, 1.807) is 19.1 Å². The molecule has 14 heavy (non-hydrogen) atoms. The molecule has 0 saturated carbocycles. The van der Waals surface area contributed by atoms with Crippen LogP contribution in [0.5, 0.6) is 0 Å². The predicted octanol–water partition coefficient (Wildman–Crippen LogP) is 2.54. The average Bonchev–Trinajstić information content (AvgIpc) is 2.08. The van der Waals surface area contributed by atoms with E-state index in [4.69, 9.17) is 23.2 Å². The summed E-state index contributed by atoms with van der Waals surface area (Å²) in [5.41, 5.74) is 0.838. The summed E-state index contributed by atoms with van der Waals surface area (Å²) in [4.78, 5) is 17.8. The van der Waals surface area contributed by atoms with Crippen molar-refractivity contribution in [2.45, 2.75) is 6.92 Å². The number of pyridine rings is 2. The van der Waals surface area contributed by atoms with Gasteiger partial charge in [-0.15, -0.1) is 0 Å². The Bertz CT molecular complexity index is 562. The van der Waals surface area contributed by atoms with E-state index in [0.29, 0.717) is 21.6 Å². The van der Waals surface area contributed by atoms with E-state index in [1.807, 2.05) is 0 Å². The lowest BCUT2D eigenvalue weighted by Gasteiger charge is -2.01. The number of hydrogen-bond donors (Lipinski definition) is 1. The average molecular weight is 229 g/mol. The van der Waals surface area contributed by atoms with Crippen LogP contribution >= 0.6 is 23.2 Å². The molecule has 5 heteroatoms. The monoisotopic (exact) mass is 228 g/mol. The van der Waals surface area contributed by atoms with Crippen LogP contribution in [0.1, 0.15) is 5.56 Å². The highest BCUT2D eigenvalue weighted by Gasteiger charge is 2.05. The number of hydrogen-bond acceptors (Lipinski definition) is 2. The van der Waals surface area contributed by atoms with Crippen LogP contribution in [0.4, 0.5) is 0 Å². The van der Waals surface area contributed by atoms with Gasteiger partial charge in [0, 0.05) is 10.9 Å². The van der Waals surface area contributed by atoms with Gasteiger partial charge in [0.15, 0.2) is 0 Å². The summed E-state index contributed by atoms with van der Waals surface area (Å²) in [5.74, 6) is 0. The number of nitrogens with zero attached hydrogens (tertiary/aromatic N) is 1. The summed E-state index contributed by atoms with van der Waals surface area (Å²) in [6.45, 7) is 1.71. The van der Waals surface area contributed by atoms with E-state index in [2.05, 4.69) is 9.97 Å². The first-order chi connectivity index (χ1) is 6.58. The number of aromatic amines is 1. The van der Waals surface area contributed by atoms with E-state index in [9.17, 15) is 4.79 Å². The van der Waals surface area contributed by atoms with Crippen molar-refractivity contribution in [2.75, 3.05) is 0 Å². The third kappa shape index (κ3) is 1.49. The fourth-order valence-corrected chi connectivity index (χ4v) is 1.71. The number of aryl methyl sites for hydroxylation is 1. The number of nitrogens with one attached hydrogen (secondary N) is 1. The minimum atomic E-state index is -0.177. The zero-order valence-corrected chi connectivity index (χ0v) is 8.78. The molecule has 0 bridgehead atoms. The number of fused-ring (bicyclic) bond motifs is 1. The molecule has 0 aliphatic heterocycles. The van der Waals surface area contributed by atoms with Crippen molar-refractivity contribution in [3.63, 3.8) is 0 Å². The van der Waals surface area contributed by atoms with Gasteiger partial charge in [0.2, 0.25) is 0 Å². The molecule has 0 amide bonds.